The quantitative estimate of drug-likeness (QED) is 0.744. The number of nitrogens with zero attached hydrogens (tertiary/aromatic N) is 2. The van der Waals surface area contributed by atoms with Crippen molar-refractivity contribution in [3.05, 3.63) is 29.3 Å². The van der Waals surface area contributed by atoms with Gasteiger partial charge in [-0.05, 0) is 46.0 Å². The third-order valence-electron chi connectivity index (χ3n) is 4.30. The average molecular weight is 375 g/mol. The summed E-state index contributed by atoms with van der Waals surface area (Å²) < 4.78 is 51.4. The van der Waals surface area contributed by atoms with Gasteiger partial charge in [0.1, 0.15) is 0 Å². The second-order valence-electron chi connectivity index (χ2n) is 6.74. The lowest BCUT2D eigenvalue weighted by Crippen LogP contribution is -2.44. The molecule has 1 heterocycles. The third kappa shape index (κ3) is 4.36. The minimum atomic E-state index is -3.74. The first-order chi connectivity index (χ1) is 11.0. The van der Waals surface area contributed by atoms with Crippen LogP contribution < -0.4 is 0 Å². The summed E-state index contributed by atoms with van der Waals surface area (Å²) in [4.78, 5) is 2.16. The van der Waals surface area contributed by atoms with Crippen LogP contribution >= 0.6 is 0 Å². The van der Waals surface area contributed by atoms with Crippen LogP contribution in [0.3, 0.4) is 0 Å². The Kier molecular flexibility index (Phi) is 5.74. The van der Waals surface area contributed by atoms with E-state index in [9.17, 15) is 16.8 Å². The Hall–Kier alpha value is -0.960. The zero-order valence-electron chi connectivity index (χ0n) is 14.7. The number of rotatable bonds is 6. The largest absolute Gasteiger partial charge is 0.308 e. The standard InChI is InChI=1S/C16H26N2O4S2/c1-13-5-6-16(14(2)11-13)24(21,22)18(9-8-17(3)4)15-7-10-23(19,20)12-15/h5-6,11,15H,7-10,12H2,1-4H3/t15-/m1/s1. The molecule has 0 N–H and O–H groups in total. The minimum Gasteiger partial charge on any atom is -0.308 e. The fourth-order valence-corrected chi connectivity index (χ4v) is 6.69. The lowest BCUT2D eigenvalue weighted by molar-refractivity contribution is 0.293. The van der Waals surface area contributed by atoms with E-state index < -0.39 is 25.9 Å². The van der Waals surface area contributed by atoms with Crippen molar-refractivity contribution in [2.75, 3.05) is 38.7 Å². The summed E-state index contributed by atoms with van der Waals surface area (Å²) in [5, 5.41) is 0. The van der Waals surface area contributed by atoms with Gasteiger partial charge in [-0.1, -0.05) is 17.7 Å². The number of hydrogen-bond donors (Lipinski definition) is 0. The lowest BCUT2D eigenvalue weighted by atomic mass is 10.2. The minimum absolute atomic E-state index is 0.0541. The molecule has 1 aromatic rings. The topological polar surface area (TPSA) is 74.8 Å². The monoisotopic (exact) mass is 374 g/mol. The maximum atomic E-state index is 13.2. The Labute approximate surface area is 145 Å². The molecule has 0 amide bonds. The Bertz CT molecular complexity index is 801. The van der Waals surface area contributed by atoms with Crippen molar-refractivity contribution in [3.8, 4) is 0 Å². The van der Waals surface area contributed by atoms with E-state index in [1.807, 2.05) is 32.0 Å². The molecule has 2 rings (SSSR count). The average Bonchev–Trinajstić information content (AvgIpc) is 2.77. The zero-order chi connectivity index (χ0) is 18.1. The van der Waals surface area contributed by atoms with E-state index in [0.717, 1.165) is 5.56 Å². The highest BCUT2D eigenvalue weighted by Gasteiger charge is 2.39. The molecule has 24 heavy (non-hydrogen) atoms. The van der Waals surface area contributed by atoms with Gasteiger partial charge >= 0.3 is 0 Å². The van der Waals surface area contributed by atoms with Crippen molar-refractivity contribution in [1.82, 2.24) is 9.21 Å². The predicted molar refractivity (Wildman–Crippen MR) is 95.4 cm³/mol. The van der Waals surface area contributed by atoms with Gasteiger partial charge in [-0.2, -0.15) is 4.31 Å². The summed E-state index contributed by atoms with van der Waals surface area (Å²) in [5.74, 6) is -0.0386. The van der Waals surface area contributed by atoms with Crippen LogP contribution in [0.2, 0.25) is 0 Å². The summed E-state index contributed by atoms with van der Waals surface area (Å²) in [6, 6.07) is 4.74. The lowest BCUT2D eigenvalue weighted by Gasteiger charge is -2.29. The Morgan fingerprint density at radius 2 is 1.83 bits per heavy atom. The van der Waals surface area contributed by atoms with Gasteiger partial charge in [0.2, 0.25) is 10.0 Å². The summed E-state index contributed by atoms with van der Waals surface area (Å²) in [6.45, 7) is 4.51. The number of sulfone groups is 1. The first-order valence-corrected chi connectivity index (χ1v) is 11.2. The summed E-state index contributed by atoms with van der Waals surface area (Å²) in [5.41, 5.74) is 1.68. The molecular weight excluding hydrogens is 348 g/mol. The van der Waals surface area contributed by atoms with Crippen molar-refractivity contribution in [2.45, 2.75) is 31.2 Å². The van der Waals surface area contributed by atoms with Gasteiger partial charge in [-0.15, -0.1) is 0 Å². The number of sulfonamides is 1. The van der Waals surface area contributed by atoms with Crippen molar-refractivity contribution in [3.63, 3.8) is 0 Å². The summed E-state index contributed by atoms with van der Waals surface area (Å²) in [7, 11) is -3.16. The molecule has 1 saturated heterocycles. The smallest absolute Gasteiger partial charge is 0.243 e. The molecule has 1 aliphatic rings. The Balaban J connectivity index is 2.41. The molecule has 0 bridgehead atoms. The van der Waals surface area contributed by atoms with E-state index in [1.165, 1.54) is 4.31 Å². The second-order valence-corrected chi connectivity index (χ2v) is 10.8. The molecule has 1 aromatic carbocycles. The predicted octanol–water partition coefficient (Wildman–Crippen LogP) is 1.04. The maximum absolute atomic E-state index is 13.2. The Morgan fingerprint density at radius 1 is 1.17 bits per heavy atom. The number of likely N-dealkylation sites (N-methyl/N-ethyl adjacent to an activating group) is 1. The normalized spacial score (nSPS) is 20.8. The highest BCUT2D eigenvalue weighted by atomic mass is 32.2. The van der Waals surface area contributed by atoms with Gasteiger partial charge in [0.05, 0.1) is 16.4 Å². The number of hydrogen-bond acceptors (Lipinski definition) is 5. The SMILES string of the molecule is Cc1ccc(S(=O)(=O)N(CCN(C)C)[C@@H]2CCS(=O)(=O)C2)c(C)c1. The van der Waals surface area contributed by atoms with E-state index in [1.54, 1.807) is 19.1 Å². The van der Waals surface area contributed by atoms with Gasteiger partial charge in [-0.25, -0.2) is 16.8 Å². The van der Waals surface area contributed by atoms with Gasteiger partial charge < -0.3 is 4.90 Å². The molecule has 0 aromatic heterocycles. The van der Waals surface area contributed by atoms with Gasteiger partial charge in [0.25, 0.3) is 0 Å². The van der Waals surface area contributed by atoms with Gasteiger partial charge in [-0.3, -0.25) is 0 Å². The highest BCUT2D eigenvalue weighted by Crippen LogP contribution is 2.27. The highest BCUT2D eigenvalue weighted by molar-refractivity contribution is 7.92. The third-order valence-corrected chi connectivity index (χ3v) is 8.16. The molecule has 0 saturated carbocycles. The first-order valence-electron chi connectivity index (χ1n) is 7.97. The molecule has 0 radical (unpaired) electrons. The van der Waals surface area contributed by atoms with Gasteiger partial charge in [0, 0.05) is 19.1 Å². The van der Waals surface area contributed by atoms with Crippen LogP contribution in [0.4, 0.5) is 0 Å². The second kappa shape index (κ2) is 7.11. The number of aryl methyl sites for hydroxylation is 2. The molecule has 0 spiro atoms. The van der Waals surface area contributed by atoms with Gasteiger partial charge in [0.15, 0.2) is 9.84 Å². The first kappa shape index (κ1) is 19.4. The van der Waals surface area contributed by atoms with Crippen LogP contribution in [0.15, 0.2) is 23.1 Å². The fraction of sp³-hybridized carbons (Fsp3) is 0.625. The number of benzene rings is 1. The van der Waals surface area contributed by atoms with E-state index >= 15 is 0 Å². The molecule has 1 atom stereocenters. The fourth-order valence-electron chi connectivity index (χ4n) is 3.02. The molecule has 0 aliphatic carbocycles. The van der Waals surface area contributed by atoms with Crippen LogP contribution in [-0.4, -0.2) is 70.8 Å². The molecule has 6 nitrogen and oxygen atoms in total. The molecule has 1 fully saturated rings. The Morgan fingerprint density at radius 3 is 2.33 bits per heavy atom. The van der Waals surface area contributed by atoms with Crippen molar-refractivity contribution in [1.29, 1.82) is 0 Å². The van der Waals surface area contributed by atoms with Crippen molar-refractivity contribution < 1.29 is 16.8 Å². The van der Waals surface area contributed by atoms with E-state index in [-0.39, 0.29) is 22.9 Å². The van der Waals surface area contributed by atoms with E-state index in [2.05, 4.69) is 0 Å². The van der Waals surface area contributed by atoms with E-state index in [0.29, 0.717) is 18.5 Å². The van der Waals surface area contributed by atoms with Crippen LogP contribution in [0.5, 0.6) is 0 Å². The van der Waals surface area contributed by atoms with Crippen molar-refractivity contribution >= 4 is 19.9 Å². The van der Waals surface area contributed by atoms with Crippen LogP contribution in [0, 0.1) is 13.8 Å². The van der Waals surface area contributed by atoms with Crippen LogP contribution in [0.1, 0.15) is 17.5 Å². The van der Waals surface area contributed by atoms with Crippen LogP contribution in [0.25, 0.3) is 0 Å². The van der Waals surface area contributed by atoms with E-state index in [4.69, 9.17) is 0 Å². The summed E-state index contributed by atoms with van der Waals surface area (Å²) >= 11 is 0. The molecule has 1 aliphatic heterocycles. The van der Waals surface area contributed by atoms with Crippen LogP contribution in [-0.2, 0) is 19.9 Å². The summed E-state index contributed by atoms with van der Waals surface area (Å²) in [6.07, 6.45) is 0.361. The zero-order valence-corrected chi connectivity index (χ0v) is 16.3. The van der Waals surface area contributed by atoms with Crippen molar-refractivity contribution in [2.24, 2.45) is 0 Å². The molecule has 136 valence electrons. The molecular formula is C16H26N2O4S2. The molecule has 8 heteroatoms. The maximum Gasteiger partial charge on any atom is 0.243 e. The molecule has 0 unspecified atom stereocenters.